The number of nitrogens with one attached hydrogen (secondary N) is 2. The van der Waals surface area contributed by atoms with Crippen LogP contribution in [0.4, 0.5) is 11.6 Å². The Morgan fingerprint density at radius 1 is 0.939 bits per heavy atom. The molecule has 33 heavy (non-hydrogen) atoms. The first-order valence-electron chi connectivity index (χ1n) is 11.8. The zero-order valence-electron chi connectivity index (χ0n) is 19.0. The monoisotopic (exact) mass is 448 g/mol. The molecule has 3 aromatic rings. The fourth-order valence-electron chi connectivity index (χ4n) is 4.54. The molecule has 0 saturated carbocycles. The van der Waals surface area contributed by atoms with Gasteiger partial charge in [0.05, 0.1) is 30.8 Å². The number of amides is 1. The minimum absolute atomic E-state index is 0.0353. The lowest BCUT2D eigenvalue weighted by Gasteiger charge is -2.26. The number of anilines is 2. The van der Waals surface area contributed by atoms with Crippen LogP contribution in [0.2, 0.25) is 0 Å². The van der Waals surface area contributed by atoms with Gasteiger partial charge in [0.1, 0.15) is 0 Å². The number of rotatable bonds is 6. The van der Waals surface area contributed by atoms with Crippen molar-refractivity contribution < 1.29 is 9.53 Å². The molecule has 2 saturated heterocycles. The van der Waals surface area contributed by atoms with E-state index >= 15 is 0 Å². The van der Waals surface area contributed by atoms with Crippen LogP contribution in [0.15, 0.2) is 48.5 Å². The van der Waals surface area contributed by atoms with Gasteiger partial charge in [0.15, 0.2) is 0 Å². The Hall–Kier alpha value is -2.94. The number of H-pyrrole nitrogens is 1. The summed E-state index contributed by atoms with van der Waals surface area (Å²) in [5.74, 6) is 0.952. The molecule has 0 radical (unpaired) electrons. The Labute approximate surface area is 194 Å². The Kier molecular flexibility index (Phi) is 6.85. The largest absolute Gasteiger partial charge is 0.379 e. The number of para-hydroxylation sites is 2. The Morgan fingerprint density at radius 2 is 1.76 bits per heavy atom. The van der Waals surface area contributed by atoms with E-state index in [1.54, 1.807) is 0 Å². The molecule has 8 heteroatoms. The maximum Gasteiger partial charge on any atom is 0.238 e. The van der Waals surface area contributed by atoms with E-state index < -0.39 is 0 Å². The highest BCUT2D eigenvalue weighted by molar-refractivity contribution is 5.92. The molecule has 0 unspecified atom stereocenters. The summed E-state index contributed by atoms with van der Waals surface area (Å²) in [5.41, 5.74) is 4.16. The number of imidazole rings is 1. The van der Waals surface area contributed by atoms with Gasteiger partial charge in [0.2, 0.25) is 11.9 Å². The Bertz CT molecular complexity index is 1030. The number of morpholine rings is 1. The molecule has 0 aliphatic carbocycles. The zero-order chi connectivity index (χ0) is 22.5. The second-order valence-corrected chi connectivity index (χ2v) is 8.83. The first-order chi connectivity index (χ1) is 16.2. The molecule has 2 aliphatic heterocycles. The molecule has 174 valence electrons. The average molecular weight is 449 g/mol. The molecule has 2 aromatic carbocycles. The Morgan fingerprint density at radius 3 is 2.58 bits per heavy atom. The molecular formula is C25H32N6O2. The lowest BCUT2D eigenvalue weighted by atomic mass is 10.2. The molecule has 1 aromatic heterocycles. The van der Waals surface area contributed by atoms with Crippen molar-refractivity contribution in [1.29, 1.82) is 0 Å². The summed E-state index contributed by atoms with van der Waals surface area (Å²) >= 11 is 0. The third-order valence-corrected chi connectivity index (χ3v) is 6.38. The quantitative estimate of drug-likeness (QED) is 0.604. The van der Waals surface area contributed by atoms with E-state index in [0.29, 0.717) is 6.54 Å². The van der Waals surface area contributed by atoms with Gasteiger partial charge >= 0.3 is 0 Å². The molecule has 8 nitrogen and oxygen atoms in total. The molecular weight excluding hydrogens is 416 g/mol. The molecule has 0 atom stereocenters. The van der Waals surface area contributed by atoms with Gasteiger partial charge in [0, 0.05) is 51.5 Å². The molecule has 5 rings (SSSR count). The van der Waals surface area contributed by atoms with E-state index in [1.165, 1.54) is 5.56 Å². The number of benzene rings is 2. The van der Waals surface area contributed by atoms with E-state index in [4.69, 9.17) is 9.72 Å². The number of hydrogen-bond acceptors (Lipinski definition) is 6. The van der Waals surface area contributed by atoms with Crippen LogP contribution in [-0.4, -0.2) is 84.7 Å². The van der Waals surface area contributed by atoms with Gasteiger partial charge in [-0.15, -0.1) is 0 Å². The summed E-state index contributed by atoms with van der Waals surface area (Å²) in [6.45, 7) is 8.42. The van der Waals surface area contributed by atoms with Crippen LogP contribution < -0.4 is 10.2 Å². The number of aromatic amines is 1. The predicted octanol–water partition coefficient (Wildman–Crippen LogP) is 2.55. The van der Waals surface area contributed by atoms with Gasteiger partial charge in [-0.3, -0.25) is 14.6 Å². The van der Waals surface area contributed by atoms with Crippen molar-refractivity contribution in [3.8, 4) is 0 Å². The van der Waals surface area contributed by atoms with Crippen LogP contribution in [-0.2, 0) is 16.1 Å². The van der Waals surface area contributed by atoms with Crippen LogP contribution in [0.1, 0.15) is 12.0 Å². The highest BCUT2D eigenvalue weighted by Gasteiger charge is 2.19. The zero-order valence-corrected chi connectivity index (χ0v) is 19.0. The van der Waals surface area contributed by atoms with Crippen molar-refractivity contribution in [1.82, 2.24) is 19.8 Å². The van der Waals surface area contributed by atoms with Crippen molar-refractivity contribution in [3.63, 3.8) is 0 Å². The maximum atomic E-state index is 12.7. The maximum absolute atomic E-state index is 12.7. The van der Waals surface area contributed by atoms with Gasteiger partial charge < -0.3 is 19.9 Å². The summed E-state index contributed by atoms with van der Waals surface area (Å²) in [6, 6.07) is 16.3. The van der Waals surface area contributed by atoms with E-state index in [2.05, 4.69) is 43.2 Å². The predicted molar refractivity (Wildman–Crippen MR) is 131 cm³/mol. The van der Waals surface area contributed by atoms with E-state index in [9.17, 15) is 4.79 Å². The smallest absolute Gasteiger partial charge is 0.238 e. The van der Waals surface area contributed by atoms with Crippen LogP contribution in [0, 0.1) is 0 Å². The van der Waals surface area contributed by atoms with Gasteiger partial charge in [-0.1, -0.05) is 24.3 Å². The number of hydrogen-bond donors (Lipinski definition) is 2. The molecule has 2 fully saturated rings. The molecule has 0 spiro atoms. The number of carbonyl (C=O) groups excluding carboxylic acids is 1. The number of nitrogens with zero attached hydrogens (tertiary/aromatic N) is 4. The lowest BCUT2D eigenvalue weighted by molar-refractivity contribution is -0.117. The van der Waals surface area contributed by atoms with Gasteiger partial charge in [-0.05, 0) is 36.2 Å². The normalized spacial score (nSPS) is 18.4. The average Bonchev–Trinajstić information content (AvgIpc) is 3.14. The first-order valence-corrected chi connectivity index (χ1v) is 11.8. The van der Waals surface area contributed by atoms with Crippen LogP contribution >= 0.6 is 0 Å². The SMILES string of the molecule is O=C(CN1CCCN(c2nc3ccccc3[nH]2)CC1)Nc1ccc(CN2CCOCC2)cc1. The fourth-order valence-corrected chi connectivity index (χ4v) is 4.54. The fraction of sp³-hybridized carbons (Fsp3) is 0.440. The van der Waals surface area contributed by atoms with Crippen molar-refractivity contribution >= 4 is 28.6 Å². The Balaban J connectivity index is 1.10. The van der Waals surface area contributed by atoms with Crippen LogP contribution in [0.5, 0.6) is 0 Å². The van der Waals surface area contributed by atoms with Crippen molar-refractivity contribution in [2.75, 3.05) is 69.2 Å². The highest BCUT2D eigenvalue weighted by atomic mass is 16.5. The van der Waals surface area contributed by atoms with Crippen molar-refractivity contribution in [2.24, 2.45) is 0 Å². The molecule has 1 amide bonds. The number of carbonyl (C=O) groups is 1. The molecule has 0 bridgehead atoms. The second-order valence-electron chi connectivity index (χ2n) is 8.83. The third kappa shape index (κ3) is 5.71. The highest BCUT2D eigenvalue weighted by Crippen LogP contribution is 2.18. The number of ether oxygens (including phenoxy) is 1. The van der Waals surface area contributed by atoms with Gasteiger partial charge in [0.25, 0.3) is 0 Å². The van der Waals surface area contributed by atoms with Crippen molar-refractivity contribution in [3.05, 3.63) is 54.1 Å². The summed E-state index contributed by atoms with van der Waals surface area (Å²) in [6.07, 6.45) is 1.00. The van der Waals surface area contributed by atoms with E-state index in [1.807, 2.05) is 30.3 Å². The van der Waals surface area contributed by atoms with Gasteiger partial charge in [-0.25, -0.2) is 4.98 Å². The van der Waals surface area contributed by atoms with Crippen molar-refractivity contribution in [2.45, 2.75) is 13.0 Å². The number of fused-ring (bicyclic) bond motifs is 1. The molecule has 2 aliphatic rings. The molecule has 2 N–H and O–H groups in total. The summed E-state index contributed by atoms with van der Waals surface area (Å²) < 4.78 is 5.41. The third-order valence-electron chi connectivity index (χ3n) is 6.38. The lowest BCUT2D eigenvalue weighted by Crippen LogP contribution is -2.36. The van der Waals surface area contributed by atoms with Crippen LogP contribution in [0.3, 0.4) is 0 Å². The van der Waals surface area contributed by atoms with E-state index in [-0.39, 0.29) is 5.91 Å². The summed E-state index contributed by atoms with van der Waals surface area (Å²) in [7, 11) is 0. The second kappa shape index (κ2) is 10.3. The molecule has 3 heterocycles. The minimum Gasteiger partial charge on any atom is -0.379 e. The topological polar surface area (TPSA) is 76.7 Å². The van der Waals surface area contributed by atoms with Gasteiger partial charge in [-0.2, -0.15) is 0 Å². The first kappa shape index (κ1) is 21.9. The van der Waals surface area contributed by atoms with E-state index in [0.717, 1.165) is 88.1 Å². The summed E-state index contributed by atoms with van der Waals surface area (Å²) in [4.78, 5) is 27.7. The number of aromatic nitrogens is 2. The summed E-state index contributed by atoms with van der Waals surface area (Å²) in [5, 5.41) is 3.05. The minimum atomic E-state index is 0.0353. The van der Waals surface area contributed by atoms with Crippen LogP contribution in [0.25, 0.3) is 11.0 Å². The standard InChI is InChI=1S/C25H32N6O2/c32-24(26-21-8-6-20(7-9-21)18-30-14-16-33-17-15-30)19-29-10-3-11-31(13-12-29)25-27-22-4-1-2-5-23(22)28-25/h1-2,4-9H,3,10-19H2,(H,26,32)(H,27,28).